The van der Waals surface area contributed by atoms with Crippen molar-refractivity contribution in [2.75, 3.05) is 20.2 Å². The van der Waals surface area contributed by atoms with Crippen LogP contribution in [0.1, 0.15) is 31.7 Å². The smallest absolute Gasteiger partial charge is 0.238 e. The molecule has 1 aliphatic heterocycles. The van der Waals surface area contributed by atoms with Crippen molar-refractivity contribution in [3.05, 3.63) is 28.8 Å². The van der Waals surface area contributed by atoms with Gasteiger partial charge in [-0.1, -0.05) is 17.7 Å². The third-order valence-electron chi connectivity index (χ3n) is 3.93. The molecule has 1 aromatic rings. The Hall–Kier alpha value is -1.07. The molecule has 1 amide bonds. The summed E-state index contributed by atoms with van der Waals surface area (Å²) >= 11 is 6.08. The number of ether oxygens (including phenoxy) is 1. The van der Waals surface area contributed by atoms with E-state index in [0.29, 0.717) is 16.5 Å². The van der Waals surface area contributed by atoms with Gasteiger partial charge in [0, 0.05) is 29.6 Å². The minimum absolute atomic E-state index is 0.00218. The van der Waals surface area contributed by atoms with Crippen molar-refractivity contribution in [3.8, 4) is 5.75 Å². The summed E-state index contributed by atoms with van der Waals surface area (Å²) in [7, 11) is 0.299. The lowest BCUT2D eigenvalue weighted by Gasteiger charge is -2.29. The number of carbonyl (C=O) groups excluding carboxylic acids is 1. The number of halogens is 1. The summed E-state index contributed by atoms with van der Waals surface area (Å²) in [5.41, 5.74) is 0.849. The van der Waals surface area contributed by atoms with Crippen LogP contribution < -0.4 is 4.74 Å². The second-order valence-electron chi connectivity index (χ2n) is 5.52. The predicted molar refractivity (Wildman–Crippen MR) is 89.7 cm³/mol. The maximum Gasteiger partial charge on any atom is 0.238 e. The lowest BCUT2D eigenvalue weighted by Crippen LogP contribution is -2.42. The van der Waals surface area contributed by atoms with Crippen molar-refractivity contribution in [2.45, 2.75) is 37.2 Å². The average Bonchev–Trinajstić information content (AvgIpc) is 2.54. The number of hydrogen-bond donors (Lipinski definition) is 0. The van der Waals surface area contributed by atoms with Gasteiger partial charge < -0.3 is 9.64 Å². The van der Waals surface area contributed by atoms with Gasteiger partial charge in [-0.25, -0.2) is 0 Å². The molecule has 2 rings (SSSR count). The van der Waals surface area contributed by atoms with Gasteiger partial charge >= 0.3 is 0 Å². The fourth-order valence-electron chi connectivity index (χ4n) is 2.57. The number of rotatable bonds is 5. The van der Waals surface area contributed by atoms with E-state index in [9.17, 15) is 9.00 Å². The van der Waals surface area contributed by atoms with Crippen LogP contribution in [0.2, 0.25) is 5.02 Å². The maximum atomic E-state index is 12.5. The fourth-order valence-corrected chi connectivity index (χ4v) is 3.99. The van der Waals surface area contributed by atoms with Crippen LogP contribution in [0.25, 0.3) is 0 Å². The summed E-state index contributed by atoms with van der Waals surface area (Å²) in [6, 6.07) is 5.34. The SMILES string of the molecule is COc1ccc(C[S@](=O)[C@@H](C)C(=O)N2CCCCC2)cc1Cl. The Kier molecular flexibility index (Phi) is 6.26. The summed E-state index contributed by atoms with van der Waals surface area (Å²) in [6.07, 6.45) is 3.25. The molecule has 1 heterocycles. The highest BCUT2D eigenvalue weighted by molar-refractivity contribution is 7.85. The van der Waals surface area contributed by atoms with Crippen LogP contribution in [-0.4, -0.2) is 40.5 Å². The summed E-state index contributed by atoms with van der Waals surface area (Å²) in [5.74, 6) is 0.913. The van der Waals surface area contributed by atoms with Crippen LogP contribution >= 0.6 is 11.6 Å². The Labute approximate surface area is 139 Å². The largest absolute Gasteiger partial charge is 0.495 e. The quantitative estimate of drug-likeness (QED) is 0.825. The van der Waals surface area contributed by atoms with Gasteiger partial charge in [-0.3, -0.25) is 9.00 Å². The minimum atomic E-state index is -1.26. The van der Waals surface area contributed by atoms with E-state index in [0.717, 1.165) is 31.5 Å². The third-order valence-corrected chi connectivity index (χ3v) is 5.84. The van der Waals surface area contributed by atoms with E-state index in [1.165, 1.54) is 6.42 Å². The number of hydrogen-bond acceptors (Lipinski definition) is 3. The third kappa shape index (κ3) is 4.23. The highest BCUT2D eigenvalue weighted by Gasteiger charge is 2.26. The van der Waals surface area contributed by atoms with Crippen LogP contribution in [0.3, 0.4) is 0 Å². The molecule has 1 aliphatic rings. The van der Waals surface area contributed by atoms with E-state index in [2.05, 4.69) is 0 Å². The molecule has 0 aliphatic carbocycles. The molecule has 0 N–H and O–H groups in total. The average molecular weight is 344 g/mol. The van der Waals surface area contributed by atoms with E-state index in [1.807, 2.05) is 11.0 Å². The lowest BCUT2D eigenvalue weighted by atomic mass is 10.1. The van der Waals surface area contributed by atoms with Crippen LogP contribution in [-0.2, 0) is 21.3 Å². The first-order valence-electron chi connectivity index (χ1n) is 7.51. The molecule has 1 saturated heterocycles. The van der Waals surface area contributed by atoms with Gasteiger partial charge in [0.15, 0.2) is 0 Å². The zero-order valence-corrected chi connectivity index (χ0v) is 14.6. The first kappa shape index (κ1) is 17.3. The summed E-state index contributed by atoms with van der Waals surface area (Å²) in [4.78, 5) is 14.2. The number of methoxy groups -OCH3 is 1. The second kappa shape index (κ2) is 7.97. The Morgan fingerprint density at radius 3 is 2.64 bits per heavy atom. The van der Waals surface area contributed by atoms with Crippen molar-refractivity contribution in [1.29, 1.82) is 0 Å². The number of amides is 1. The standard InChI is InChI=1S/C16H22ClNO3S/c1-12(16(19)18-8-4-3-5-9-18)22(20)11-13-6-7-15(21-2)14(17)10-13/h6-7,10,12H,3-5,8-9,11H2,1-2H3/t12-,22-/m0/s1. The molecule has 2 atom stereocenters. The van der Waals surface area contributed by atoms with Crippen molar-refractivity contribution >= 4 is 28.3 Å². The fraction of sp³-hybridized carbons (Fsp3) is 0.562. The van der Waals surface area contributed by atoms with Gasteiger partial charge in [-0.15, -0.1) is 0 Å². The van der Waals surface area contributed by atoms with E-state index in [1.54, 1.807) is 26.2 Å². The maximum absolute atomic E-state index is 12.5. The summed E-state index contributed by atoms with van der Waals surface area (Å²) < 4.78 is 17.6. The van der Waals surface area contributed by atoms with Gasteiger partial charge in [0.2, 0.25) is 5.91 Å². The topological polar surface area (TPSA) is 46.6 Å². The molecule has 0 radical (unpaired) electrons. The normalized spacial score (nSPS) is 17.9. The molecule has 4 nitrogen and oxygen atoms in total. The summed E-state index contributed by atoms with van der Waals surface area (Å²) in [6.45, 7) is 3.32. The van der Waals surface area contributed by atoms with Crippen LogP contribution in [0, 0.1) is 0 Å². The molecule has 0 unspecified atom stereocenters. The van der Waals surface area contributed by atoms with Gasteiger partial charge in [0.25, 0.3) is 0 Å². The van der Waals surface area contributed by atoms with Crippen LogP contribution in [0.4, 0.5) is 0 Å². The van der Waals surface area contributed by atoms with E-state index in [-0.39, 0.29) is 5.91 Å². The molecular weight excluding hydrogens is 322 g/mol. The number of benzene rings is 1. The first-order chi connectivity index (χ1) is 10.5. The summed E-state index contributed by atoms with van der Waals surface area (Å²) in [5, 5.41) is 0.00554. The Balaban J connectivity index is 1.98. The molecule has 122 valence electrons. The number of likely N-dealkylation sites (tertiary alicyclic amines) is 1. The minimum Gasteiger partial charge on any atom is -0.495 e. The van der Waals surface area contributed by atoms with Crippen LogP contribution in [0.5, 0.6) is 5.75 Å². The Morgan fingerprint density at radius 2 is 2.05 bits per heavy atom. The zero-order valence-electron chi connectivity index (χ0n) is 13.0. The Bertz CT molecular complexity index is 558. The number of piperidine rings is 1. The van der Waals surface area contributed by atoms with Gasteiger partial charge in [-0.05, 0) is 43.9 Å². The van der Waals surface area contributed by atoms with Crippen LogP contribution in [0.15, 0.2) is 18.2 Å². The monoisotopic (exact) mass is 343 g/mol. The Morgan fingerprint density at radius 1 is 1.36 bits per heavy atom. The van der Waals surface area contributed by atoms with Crippen molar-refractivity contribution in [1.82, 2.24) is 4.90 Å². The predicted octanol–water partition coefficient (Wildman–Crippen LogP) is 3.00. The van der Waals surface area contributed by atoms with Gasteiger partial charge in [0.05, 0.1) is 12.1 Å². The first-order valence-corrected chi connectivity index (χ1v) is 9.27. The molecule has 0 spiro atoms. The van der Waals surface area contributed by atoms with E-state index < -0.39 is 16.0 Å². The highest BCUT2D eigenvalue weighted by atomic mass is 35.5. The molecule has 0 saturated carbocycles. The molecule has 0 aromatic heterocycles. The molecular formula is C16H22ClNO3S. The zero-order chi connectivity index (χ0) is 16.1. The van der Waals surface area contributed by atoms with E-state index >= 15 is 0 Å². The molecule has 0 bridgehead atoms. The highest BCUT2D eigenvalue weighted by Crippen LogP contribution is 2.26. The number of nitrogens with zero attached hydrogens (tertiary/aromatic N) is 1. The molecule has 1 fully saturated rings. The second-order valence-corrected chi connectivity index (χ2v) is 7.69. The van der Waals surface area contributed by atoms with Gasteiger partial charge in [0.1, 0.15) is 11.0 Å². The molecule has 6 heteroatoms. The lowest BCUT2D eigenvalue weighted by molar-refractivity contribution is -0.131. The number of carbonyl (C=O) groups is 1. The van der Waals surface area contributed by atoms with Crippen molar-refractivity contribution in [2.24, 2.45) is 0 Å². The van der Waals surface area contributed by atoms with E-state index in [4.69, 9.17) is 16.3 Å². The van der Waals surface area contributed by atoms with Crippen molar-refractivity contribution < 1.29 is 13.7 Å². The van der Waals surface area contributed by atoms with Gasteiger partial charge in [-0.2, -0.15) is 0 Å². The molecule has 22 heavy (non-hydrogen) atoms. The van der Waals surface area contributed by atoms with Crippen molar-refractivity contribution in [3.63, 3.8) is 0 Å². The molecule has 1 aromatic carbocycles.